The molecule has 116 valence electrons. The summed E-state index contributed by atoms with van der Waals surface area (Å²) in [5.41, 5.74) is 0.240. The van der Waals surface area contributed by atoms with Crippen LogP contribution in [0.1, 0.15) is 0 Å². The summed E-state index contributed by atoms with van der Waals surface area (Å²) < 4.78 is 0. The van der Waals surface area contributed by atoms with Crippen LogP contribution in [0.2, 0.25) is 0 Å². The average Bonchev–Trinajstić information content (AvgIpc) is 3.27. The van der Waals surface area contributed by atoms with Gasteiger partial charge in [-0.05, 0) is 107 Å². The minimum absolute atomic E-state index is 0.120. The molecule has 2 nitrogen and oxygen atoms in total. The average molecular weight is 310 g/mol. The van der Waals surface area contributed by atoms with Crippen LogP contribution in [0.25, 0.3) is 0 Å². The van der Waals surface area contributed by atoms with Crippen molar-refractivity contribution in [1.82, 2.24) is 0 Å². The Balaban J connectivity index is 1.46. The normalized spacial score (nSPS) is 97.4. The van der Waals surface area contributed by atoms with Crippen LogP contribution < -0.4 is 0 Å². The Kier molecular flexibility index (Phi) is 0.917. The SMILES string of the molecule is N#CC12C3C4C5C6C3C3C7C6C6C5C5C4C1C1C(C32)C7C6(C#N)C51. The molecule has 12 saturated carbocycles. The first-order valence-corrected chi connectivity index (χ1v) is 10.7. The van der Waals surface area contributed by atoms with E-state index in [-0.39, 0.29) is 10.8 Å². The lowest BCUT2D eigenvalue weighted by Crippen LogP contribution is -2.38. The van der Waals surface area contributed by atoms with Gasteiger partial charge in [0.15, 0.2) is 0 Å². The second-order valence-electron chi connectivity index (χ2n) is 12.2. The maximum Gasteiger partial charge on any atom is 0.0699 e. The van der Waals surface area contributed by atoms with E-state index in [1.807, 2.05) is 0 Å². The molecule has 0 heterocycles. The third-order valence-electron chi connectivity index (χ3n) is 14.0. The molecule has 0 spiro atoms. The summed E-state index contributed by atoms with van der Waals surface area (Å²) in [5, 5.41) is 21.2. The van der Waals surface area contributed by atoms with Gasteiger partial charge in [0.25, 0.3) is 0 Å². The highest BCUT2D eigenvalue weighted by Gasteiger charge is 3.04. The fraction of sp³-hybridized carbons (Fsp3) is 0.909. The van der Waals surface area contributed by atoms with E-state index in [4.69, 9.17) is 0 Å². The summed E-state index contributed by atoms with van der Waals surface area (Å²) in [5.74, 6) is 15.9. The summed E-state index contributed by atoms with van der Waals surface area (Å²) in [6, 6.07) is 6.23. The molecule has 12 unspecified atom stereocenters. The Labute approximate surface area is 140 Å². The van der Waals surface area contributed by atoms with E-state index >= 15 is 0 Å². The van der Waals surface area contributed by atoms with Crippen LogP contribution in [0.3, 0.4) is 0 Å². The molecule has 12 fully saturated rings. The zero-order valence-electron chi connectivity index (χ0n) is 13.3. The molecule has 12 atom stereocenters. The Morgan fingerprint density at radius 3 is 0.917 bits per heavy atom. The van der Waals surface area contributed by atoms with Gasteiger partial charge in [-0.2, -0.15) is 10.5 Å². The Morgan fingerprint density at radius 2 is 0.625 bits per heavy atom. The zero-order chi connectivity index (χ0) is 14.8. The molecular formula is C22H18N2. The molecule has 0 amide bonds. The number of hydrogen-bond donors (Lipinski definition) is 0. The van der Waals surface area contributed by atoms with Crippen LogP contribution in [-0.4, -0.2) is 0 Å². The first kappa shape index (κ1) is 10.2. The molecular weight excluding hydrogens is 292 g/mol. The first-order valence-electron chi connectivity index (χ1n) is 10.7. The third kappa shape index (κ3) is 0.446. The molecule has 0 bridgehead atoms. The minimum atomic E-state index is 0.120. The zero-order valence-corrected chi connectivity index (χ0v) is 13.3. The molecule has 0 aromatic rings. The van der Waals surface area contributed by atoms with Gasteiger partial charge < -0.3 is 0 Å². The smallest absolute Gasteiger partial charge is 0.0699 e. The van der Waals surface area contributed by atoms with Crippen molar-refractivity contribution >= 4 is 0 Å². The molecule has 0 saturated heterocycles. The maximum absolute atomic E-state index is 10.6. The molecule has 0 aromatic carbocycles. The fourth-order valence-corrected chi connectivity index (χ4v) is 16.0. The number of hydrogen-bond acceptors (Lipinski definition) is 2. The Bertz CT molecular complexity index is 837. The molecule has 12 aliphatic carbocycles. The molecule has 24 heavy (non-hydrogen) atoms. The molecule has 2 heteroatoms. The highest BCUT2D eigenvalue weighted by atomic mass is 15.1. The highest BCUT2D eigenvalue weighted by molar-refractivity contribution is 5.53. The van der Waals surface area contributed by atoms with E-state index in [0.717, 1.165) is 107 Å². The highest BCUT2D eigenvalue weighted by Crippen LogP contribution is 3.06. The fourth-order valence-electron chi connectivity index (χ4n) is 16.0. The van der Waals surface area contributed by atoms with E-state index in [0.29, 0.717) is 0 Å². The van der Waals surface area contributed by atoms with E-state index in [2.05, 4.69) is 12.1 Å². The monoisotopic (exact) mass is 310 g/mol. The topological polar surface area (TPSA) is 47.6 Å². The van der Waals surface area contributed by atoms with Crippen LogP contribution >= 0.6 is 0 Å². The van der Waals surface area contributed by atoms with Crippen molar-refractivity contribution in [2.24, 2.45) is 117 Å². The van der Waals surface area contributed by atoms with Crippen molar-refractivity contribution in [3.63, 3.8) is 0 Å². The Hall–Kier alpha value is -1.02. The minimum Gasteiger partial charge on any atom is -0.198 e. The molecule has 12 rings (SSSR count). The summed E-state index contributed by atoms with van der Waals surface area (Å²) in [6.45, 7) is 0. The molecule has 12 aliphatic rings. The lowest BCUT2D eigenvalue weighted by atomic mass is 9.64. The summed E-state index contributed by atoms with van der Waals surface area (Å²) in [7, 11) is 0. The summed E-state index contributed by atoms with van der Waals surface area (Å²) >= 11 is 0. The van der Waals surface area contributed by atoms with Crippen molar-refractivity contribution in [1.29, 1.82) is 10.5 Å². The van der Waals surface area contributed by atoms with Crippen molar-refractivity contribution in [2.75, 3.05) is 0 Å². The summed E-state index contributed by atoms with van der Waals surface area (Å²) in [4.78, 5) is 0. The quantitative estimate of drug-likeness (QED) is 0.689. The van der Waals surface area contributed by atoms with E-state index in [1.165, 1.54) is 0 Å². The standard InChI is InChI=1S/C22H18N2/c23-1-21-15-5-3-4-6(15)10-12-8(4)16-7(3)11-9(5)17(21)13-14(18(10)21)20(12)22(16,2-24)19(11)13/h3-20H. The molecule has 0 aliphatic heterocycles. The van der Waals surface area contributed by atoms with Crippen LogP contribution in [0.15, 0.2) is 0 Å². The van der Waals surface area contributed by atoms with Gasteiger partial charge in [-0.15, -0.1) is 0 Å². The van der Waals surface area contributed by atoms with Gasteiger partial charge >= 0.3 is 0 Å². The maximum atomic E-state index is 10.6. The van der Waals surface area contributed by atoms with E-state index < -0.39 is 0 Å². The lowest BCUT2D eigenvalue weighted by Gasteiger charge is -2.36. The van der Waals surface area contributed by atoms with Crippen molar-refractivity contribution < 1.29 is 0 Å². The first-order chi connectivity index (χ1) is 11.9. The predicted octanol–water partition coefficient (Wildman–Crippen LogP) is 2.25. The van der Waals surface area contributed by atoms with Crippen molar-refractivity contribution in [2.45, 2.75) is 0 Å². The van der Waals surface area contributed by atoms with Gasteiger partial charge in [-0.1, -0.05) is 0 Å². The van der Waals surface area contributed by atoms with Crippen LogP contribution in [0, 0.1) is 140 Å². The van der Waals surface area contributed by atoms with E-state index in [1.54, 1.807) is 0 Å². The lowest BCUT2D eigenvalue weighted by molar-refractivity contribution is 0.115. The molecule has 0 aromatic heterocycles. The largest absolute Gasteiger partial charge is 0.198 e. The predicted molar refractivity (Wildman–Crippen MR) is 78.9 cm³/mol. The second kappa shape index (κ2) is 2.16. The van der Waals surface area contributed by atoms with Crippen LogP contribution in [0.5, 0.6) is 0 Å². The van der Waals surface area contributed by atoms with Gasteiger partial charge in [0.05, 0.1) is 23.0 Å². The van der Waals surface area contributed by atoms with Crippen molar-refractivity contribution in [3.8, 4) is 12.1 Å². The van der Waals surface area contributed by atoms with Gasteiger partial charge in [0, 0.05) is 0 Å². The van der Waals surface area contributed by atoms with Crippen molar-refractivity contribution in [3.05, 3.63) is 0 Å². The van der Waals surface area contributed by atoms with Gasteiger partial charge in [0.1, 0.15) is 0 Å². The molecule has 0 radical (unpaired) electrons. The molecule has 0 N–H and O–H groups in total. The third-order valence-corrected chi connectivity index (χ3v) is 14.0. The van der Waals surface area contributed by atoms with Gasteiger partial charge in [-0.3, -0.25) is 0 Å². The van der Waals surface area contributed by atoms with Crippen LogP contribution in [0.4, 0.5) is 0 Å². The van der Waals surface area contributed by atoms with Gasteiger partial charge in [-0.25, -0.2) is 0 Å². The number of nitriles is 2. The second-order valence-corrected chi connectivity index (χ2v) is 12.2. The van der Waals surface area contributed by atoms with Crippen LogP contribution in [-0.2, 0) is 0 Å². The number of rotatable bonds is 0. The Morgan fingerprint density at radius 1 is 0.375 bits per heavy atom. The number of nitrogens with zero attached hydrogens (tertiary/aromatic N) is 2. The van der Waals surface area contributed by atoms with Gasteiger partial charge in [0.2, 0.25) is 0 Å². The summed E-state index contributed by atoms with van der Waals surface area (Å²) in [6.07, 6.45) is 0. The van der Waals surface area contributed by atoms with E-state index in [9.17, 15) is 10.5 Å².